The van der Waals surface area contributed by atoms with E-state index in [4.69, 9.17) is 11.6 Å². The minimum absolute atomic E-state index is 0.101. The SMILES string of the molecule is CCc1cccc(N2C=C(C(=O)N3CCCC3)S(=O)(=O)c3ccc(Cl)cc32)c1. The van der Waals surface area contributed by atoms with Crippen LogP contribution in [0.25, 0.3) is 0 Å². The lowest BCUT2D eigenvalue weighted by Gasteiger charge is -2.30. The predicted octanol–water partition coefficient (Wildman–Crippen LogP) is 4.29. The molecule has 0 radical (unpaired) electrons. The van der Waals surface area contributed by atoms with E-state index in [1.807, 2.05) is 24.3 Å². The molecule has 0 bridgehead atoms. The molecule has 0 unspecified atom stereocenters. The first-order chi connectivity index (χ1) is 13.4. The summed E-state index contributed by atoms with van der Waals surface area (Å²) in [5.41, 5.74) is 2.37. The zero-order valence-corrected chi connectivity index (χ0v) is 17.1. The summed E-state index contributed by atoms with van der Waals surface area (Å²) < 4.78 is 26.5. The highest BCUT2D eigenvalue weighted by molar-refractivity contribution is 7.96. The lowest BCUT2D eigenvalue weighted by atomic mass is 10.1. The lowest BCUT2D eigenvalue weighted by molar-refractivity contribution is -0.125. The number of carbonyl (C=O) groups excluding carboxylic acids is 1. The van der Waals surface area contributed by atoms with Crippen LogP contribution in [0.5, 0.6) is 0 Å². The van der Waals surface area contributed by atoms with E-state index in [-0.39, 0.29) is 9.80 Å². The van der Waals surface area contributed by atoms with E-state index in [9.17, 15) is 13.2 Å². The molecule has 2 heterocycles. The Hall–Kier alpha value is -2.31. The highest BCUT2D eigenvalue weighted by Gasteiger charge is 2.38. The molecule has 5 nitrogen and oxygen atoms in total. The van der Waals surface area contributed by atoms with Crippen molar-refractivity contribution in [3.63, 3.8) is 0 Å². The second-order valence-electron chi connectivity index (χ2n) is 7.00. The van der Waals surface area contributed by atoms with E-state index in [2.05, 4.69) is 6.92 Å². The number of sulfone groups is 1. The van der Waals surface area contributed by atoms with Crippen molar-refractivity contribution in [2.75, 3.05) is 18.0 Å². The number of carbonyl (C=O) groups is 1. The van der Waals surface area contributed by atoms with Crippen LogP contribution in [-0.2, 0) is 21.1 Å². The largest absolute Gasteiger partial charge is 0.338 e. The van der Waals surface area contributed by atoms with Crippen molar-refractivity contribution < 1.29 is 13.2 Å². The molecule has 7 heteroatoms. The molecule has 0 spiro atoms. The van der Waals surface area contributed by atoms with E-state index >= 15 is 0 Å². The third kappa shape index (κ3) is 3.20. The highest BCUT2D eigenvalue weighted by atomic mass is 35.5. The van der Waals surface area contributed by atoms with Crippen LogP contribution < -0.4 is 4.90 Å². The van der Waals surface area contributed by atoms with Gasteiger partial charge in [-0.3, -0.25) is 4.79 Å². The summed E-state index contributed by atoms with van der Waals surface area (Å²) >= 11 is 6.17. The molecule has 0 saturated carbocycles. The zero-order chi connectivity index (χ0) is 19.9. The van der Waals surface area contributed by atoms with Gasteiger partial charge in [-0.2, -0.15) is 0 Å². The fourth-order valence-corrected chi connectivity index (χ4v) is 5.35. The van der Waals surface area contributed by atoms with Crippen molar-refractivity contribution in [3.8, 4) is 0 Å². The lowest BCUT2D eigenvalue weighted by Crippen LogP contribution is -2.35. The van der Waals surface area contributed by atoms with Gasteiger partial charge in [0.1, 0.15) is 0 Å². The fraction of sp³-hybridized carbons (Fsp3) is 0.286. The van der Waals surface area contributed by atoms with Crippen molar-refractivity contribution in [1.29, 1.82) is 0 Å². The summed E-state index contributed by atoms with van der Waals surface area (Å²) in [5.74, 6) is -0.435. The minimum Gasteiger partial charge on any atom is -0.338 e. The summed E-state index contributed by atoms with van der Waals surface area (Å²) in [6.45, 7) is 3.23. The van der Waals surface area contributed by atoms with Crippen LogP contribution in [0.1, 0.15) is 25.3 Å². The molecule has 2 aromatic rings. The highest BCUT2D eigenvalue weighted by Crippen LogP contribution is 2.41. The van der Waals surface area contributed by atoms with Gasteiger partial charge in [-0.05, 0) is 55.2 Å². The van der Waals surface area contributed by atoms with Gasteiger partial charge in [-0.25, -0.2) is 8.42 Å². The molecule has 2 aromatic carbocycles. The van der Waals surface area contributed by atoms with Crippen molar-refractivity contribution in [2.24, 2.45) is 0 Å². The number of amides is 1. The van der Waals surface area contributed by atoms with E-state index in [0.29, 0.717) is 23.8 Å². The smallest absolute Gasteiger partial charge is 0.267 e. The summed E-state index contributed by atoms with van der Waals surface area (Å²) in [5, 5.41) is 0.438. The van der Waals surface area contributed by atoms with Gasteiger partial charge in [0, 0.05) is 30.0 Å². The number of aryl methyl sites for hydroxylation is 1. The Labute approximate surface area is 170 Å². The van der Waals surface area contributed by atoms with Crippen molar-refractivity contribution >= 4 is 38.7 Å². The molecule has 0 aliphatic carbocycles. The molecule has 2 aliphatic heterocycles. The molecular weight excluding hydrogens is 396 g/mol. The number of benzene rings is 2. The maximum Gasteiger partial charge on any atom is 0.267 e. The van der Waals surface area contributed by atoms with Gasteiger partial charge in [0.2, 0.25) is 9.84 Å². The number of hydrogen-bond donors (Lipinski definition) is 0. The number of rotatable bonds is 3. The van der Waals surface area contributed by atoms with E-state index in [0.717, 1.165) is 30.5 Å². The van der Waals surface area contributed by atoms with Crippen LogP contribution in [0.2, 0.25) is 5.02 Å². The third-order valence-corrected chi connectivity index (χ3v) is 7.23. The molecule has 0 N–H and O–H groups in total. The number of halogens is 1. The number of hydrogen-bond acceptors (Lipinski definition) is 4. The van der Waals surface area contributed by atoms with Crippen LogP contribution in [-0.4, -0.2) is 32.3 Å². The minimum atomic E-state index is -3.92. The summed E-state index contributed by atoms with van der Waals surface area (Å²) in [4.78, 5) is 16.3. The van der Waals surface area contributed by atoms with Gasteiger partial charge in [-0.1, -0.05) is 30.7 Å². The Bertz CT molecular complexity index is 1070. The number of likely N-dealkylation sites (tertiary alicyclic amines) is 1. The van der Waals surface area contributed by atoms with E-state index in [1.165, 1.54) is 12.3 Å². The Morgan fingerprint density at radius 1 is 1.11 bits per heavy atom. The number of anilines is 2. The van der Waals surface area contributed by atoms with Crippen LogP contribution in [0.4, 0.5) is 11.4 Å². The normalized spacial score (nSPS) is 18.0. The Balaban J connectivity index is 1.90. The fourth-order valence-electron chi connectivity index (χ4n) is 3.67. The second kappa shape index (κ2) is 7.26. The number of fused-ring (bicyclic) bond motifs is 1. The molecule has 1 saturated heterocycles. The monoisotopic (exact) mass is 416 g/mol. The van der Waals surface area contributed by atoms with E-state index in [1.54, 1.807) is 21.9 Å². The Morgan fingerprint density at radius 2 is 1.86 bits per heavy atom. The molecule has 2 aliphatic rings. The average Bonchev–Trinajstić information content (AvgIpc) is 3.22. The molecule has 1 amide bonds. The van der Waals surface area contributed by atoms with Crippen LogP contribution in [0, 0.1) is 0 Å². The van der Waals surface area contributed by atoms with Gasteiger partial charge in [-0.15, -0.1) is 0 Å². The Morgan fingerprint density at radius 3 is 2.57 bits per heavy atom. The van der Waals surface area contributed by atoms with Crippen LogP contribution >= 0.6 is 11.6 Å². The maximum absolute atomic E-state index is 13.2. The van der Waals surface area contributed by atoms with Crippen LogP contribution in [0.15, 0.2) is 58.5 Å². The predicted molar refractivity (Wildman–Crippen MR) is 110 cm³/mol. The topological polar surface area (TPSA) is 57.7 Å². The first-order valence-corrected chi connectivity index (χ1v) is 11.2. The molecule has 1 fully saturated rings. The Kier molecular flexibility index (Phi) is 4.93. The van der Waals surface area contributed by atoms with Gasteiger partial charge < -0.3 is 9.80 Å². The third-order valence-electron chi connectivity index (χ3n) is 5.21. The molecule has 0 aromatic heterocycles. The van der Waals surface area contributed by atoms with Crippen molar-refractivity contribution in [3.05, 3.63) is 64.2 Å². The summed E-state index contributed by atoms with van der Waals surface area (Å²) in [6, 6.07) is 12.5. The van der Waals surface area contributed by atoms with Crippen molar-refractivity contribution in [1.82, 2.24) is 4.90 Å². The molecule has 4 rings (SSSR count). The van der Waals surface area contributed by atoms with Gasteiger partial charge in [0.25, 0.3) is 5.91 Å². The first kappa shape index (κ1) is 19.0. The summed E-state index contributed by atoms with van der Waals surface area (Å²) in [6.07, 6.45) is 4.09. The average molecular weight is 417 g/mol. The molecule has 28 heavy (non-hydrogen) atoms. The van der Waals surface area contributed by atoms with Crippen LogP contribution in [0.3, 0.4) is 0 Å². The van der Waals surface area contributed by atoms with Gasteiger partial charge in [0.05, 0.1) is 10.6 Å². The first-order valence-electron chi connectivity index (χ1n) is 9.35. The molecule has 146 valence electrons. The quantitative estimate of drug-likeness (QED) is 0.748. The zero-order valence-electron chi connectivity index (χ0n) is 15.6. The standard InChI is InChI=1S/C21H21ClN2O3S/c1-2-15-6-5-7-17(12-15)24-14-20(21(25)23-10-3-4-11-23)28(26,27)19-9-8-16(22)13-18(19)24/h5-9,12-14H,2-4,10-11H2,1H3. The van der Waals surface area contributed by atoms with E-state index < -0.39 is 15.7 Å². The van der Waals surface area contributed by atoms with Crippen molar-refractivity contribution in [2.45, 2.75) is 31.1 Å². The molecular formula is C21H21ClN2O3S. The number of nitrogens with zero attached hydrogens (tertiary/aromatic N) is 2. The molecule has 0 atom stereocenters. The van der Waals surface area contributed by atoms with Gasteiger partial charge >= 0.3 is 0 Å². The maximum atomic E-state index is 13.2. The van der Waals surface area contributed by atoms with Gasteiger partial charge in [0.15, 0.2) is 4.91 Å². The second-order valence-corrected chi connectivity index (χ2v) is 9.32. The summed E-state index contributed by atoms with van der Waals surface area (Å²) in [7, 11) is -3.92.